The Labute approximate surface area is 152 Å². The molecule has 26 heavy (non-hydrogen) atoms. The van der Waals surface area contributed by atoms with Crippen molar-refractivity contribution in [3.63, 3.8) is 0 Å². The number of carbonyl (C=O) groups excluding carboxylic acids is 1. The van der Waals surface area contributed by atoms with E-state index in [4.69, 9.17) is 4.74 Å². The number of hydrogen-bond donors (Lipinski definition) is 1. The van der Waals surface area contributed by atoms with Crippen LogP contribution in [0.25, 0.3) is 0 Å². The number of hydrogen-bond acceptors (Lipinski definition) is 5. The van der Waals surface area contributed by atoms with Crippen LogP contribution >= 0.6 is 0 Å². The number of nitro groups is 1. The molecule has 7 heteroatoms. The number of non-ortho nitro benzene ring substituents is 1. The monoisotopic (exact) mass is 357 g/mol. The van der Waals surface area contributed by atoms with Gasteiger partial charge in [0.05, 0.1) is 24.5 Å². The third-order valence-electron chi connectivity index (χ3n) is 4.13. The molecule has 0 aromatic heterocycles. The van der Waals surface area contributed by atoms with Crippen LogP contribution in [0.2, 0.25) is 0 Å². The molecular weight excluding hydrogens is 334 g/mol. The summed E-state index contributed by atoms with van der Waals surface area (Å²) in [6.07, 6.45) is 0.181. The molecule has 0 spiro atoms. The molecule has 0 aliphatic carbocycles. The molecule has 1 atom stereocenters. The lowest BCUT2D eigenvalue weighted by atomic mass is 10.1. The Morgan fingerprint density at radius 1 is 1.15 bits per heavy atom. The molecule has 1 amide bonds. The van der Waals surface area contributed by atoms with E-state index in [1.807, 2.05) is 43.3 Å². The molecule has 2 aromatic rings. The molecule has 2 aromatic carbocycles. The van der Waals surface area contributed by atoms with E-state index in [2.05, 4.69) is 5.32 Å². The van der Waals surface area contributed by atoms with Crippen molar-refractivity contribution < 1.29 is 14.5 Å². The van der Waals surface area contributed by atoms with E-state index in [9.17, 15) is 14.9 Å². The summed E-state index contributed by atoms with van der Waals surface area (Å²) in [5.74, 6) is 0.660. The molecular formula is C19H23N3O4. The molecule has 0 fully saturated rings. The molecule has 1 unspecified atom stereocenters. The lowest BCUT2D eigenvalue weighted by Crippen LogP contribution is -2.35. The van der Waals surface area contributed by atoms with Gasteiger partial charge in [0.2, 0.25) is 5.91 Å². The van der Waals surface area contributed by atoms with Crippen LogP contribution in [0.15, 0.2) is 48.5 Å². The van der Waals surface area contributed by atoms with Crippen molar-refractivity contribution in [2.24, 2.45) is 0 Å². The summed E-state index contributed by atoms with van der Waals surface area (Å²) in [5.41, 5.74) is 1.83. The lowest BCUT2D eigenvalue weighted by molar-refractivity contribution is -0.384. The Hall–Kier alpha value is -2.93. The summed E-state index contributed by atoms with van der Waals surface area (Å²) in [7, 11) is 5.53. The van der Waals surface area contributed by atoms with E-state index >= 15 is 0 Å². The molecule has 0 aliphatic heterocycles. The van der Waals surface area contributed by atoms with Crippen LogP contribution in [-0.4, -0.2) is 43.5 Å². The van der Waals surface area contributed by atoms with Crippen LogP contribution in [-0.2, 0) is 11.2 Å². The number of methoxy groups -OCH3 is 1. The first-order chi connectivity index (χ1) is 12.4. The number of nitrogens with one attached hydrogen (secondary N) is 1. The zero-order valence-corrected chi connectivity index (χ0v) is 15.1. The molecule has 0 bridgehead atoms. The maximum Gasteiger partial charge on any atom is 0.269 e. The first-order valence-corrected chi connectivity index (χ1v) is 8.21. The van der Waals surface area contributed by atoms with E-state index in [0.29, 0.717) is 6.54 Å². The van der Waals surface area contributed by atoms with E-state index < -0.39 is 4.92 Å². The summed E-state index contributed by atoms with van der Waals surface area (Å²) in [6.45, 7) is 0.463. The van der Waals surface area contributed by atoms with Gasteiger partial charge in [-0.2, -0.15) is 0 Å². The van der Waals surface area contributed by atoms with Crippen molar-refractivity contribution in [1.29, 1.82) is 0 Å². The van der Waals surface area contributed by atoms with Crippen LogP contribution in [0.3, 0.4) is 0 Å². The fourth-order valence-corrected chi connectivity index (χ4v) is 2.62. The first kappa shape index (κ1) is 19.4. The highest BCUT2D eigenvalue weighted by molar-refractivity contribution is 5.78. The molecule has 0 radical (unpaired) electrons. The summed E-state index contributed by atoms with van der Waals surface area (Å²) in [4.78, 5) is 24.4. The Morgan fingerprint density at radius 2 is 1.77 bits per heavy atom. The predicted molar refractivity (Wildman–Crippen MR) is 99.2 cm³/mol. The molecule has 0 saturated heterocycles. The number of nitrogens with zero attached hydrogens (tertiary/aromatic N) is 2. The minimum absolute atomic E-state index is 0.0151. The van der Waals surface area contributed by atoms with Gasteiger partial charge in [-0.25, -0.2) is 0 Å². The smallest absolute Gasteiger partial charge is 0.269 e. The first-order valence-electron chi connectivity index (χ1n) is 8.21. The van der Waals surface area contributed by atoms with Gasteiger partial charge in [0.15, 0.2) is 0 Å². The van der Waals surface area contributed by atoms with Crippen LogP contribution in [0, 0.1) is 10.1 Å². The van der Waals surface area contributed by atoms with Gasteiger partial charge in [-0.1, -0.05) is 24.3 Å². The summed E-state index contributed by atoms with van der Waals surface area (Å²) < 4.78 is 5.17. The predicted octanol–water partition coefficient (Wildman–Crippen LogP) is 2.57. The second kappa shape index (κ2) is 8.96. The quantitative estimate of drug-likeness (QED) is 0.580. The summed E-state index contributed by atoms with van der Waals surface area (Å²) in [6, 6.07) is 13.8. The molecule has 2 rings (SSSR count). The van der Waals surface area contributed by atoms with Gasteiger partial charge in [0.1, 0.15) is 5.75 Å². The molecule has 0 aliphatic rings. The third kappa shape index (κ3) is 5.29. The summed E-state index contributed by atoms with van der Waals surface area (Å²) in [5, 5.41) is 13.6. The number of likely N-dealkylation sites (N-methyl/N-ethyl adjacent to an activating group) is 1. The van der Waals surface area contributed by atoms with Crippen LogP contribution < -0.4 is 10.1 Å². The van der Waals surface area contributed by atoms with Gasteiger partial charge >= 0.3 is 0 Å². The number of amides is 1. The average Bonchev–Trinajstić information content (AvgIpc) is 2.62. The maximum absolute atomic E-state index is 12.2. The maximum atomic E-state index is 12.2. The topological polar surface area (TPSA) is 84.7 Å². The van der Waals surface area contributed by atoms with E-state index in [-0.39, 0.29) is 24.1 Å². The highest BCUT2D eigenvalue weighted by Crippen LogP contribution is 2.20. The molecule has 0 heterocycles. The van der Waals surface area contributed by atoms with Crippen LogP contribution in [0.5, 0.6) is 5.75 Å². The highest BCUT2D eigenvalue weighted by atomic mass is 16.6. The fourth-order valence-electron chi connectivity index (χ4n) is 2.62. The van der Waals surface area contributed by atoms with Crippen molar-refractivity contribution in [3.05, 3.63) is 69.8 Å². The zero-order chi connectivity index (χ0) is 19.1. The SMILES string of the molecule is COc1ccc(C(CNC(=O)Cc2ccc([N+](=O)[O-])cc2)N(C)C)cc1. The summed E-state index contributed by atoms with van der Waals surface area (Å²) >= 11 is 0. The van der Waals surface area contributed by atoms with E-state index in [0.717, 1.165) is 16.9 Å². The van der Waals surface area contributed by atoms with E-state index in [1.165, 1.54) is 12.1 Å². The van der Waals surface area contributed by atoms with Crippen molar-refractivity contribution in [2.45, 2.75) is 12.5 Å². The normalized spacial score (nSPS) is 11.8. The zero-order valence-electron chi connectivity index (χ0n) is 15.1. The van der Waals surface area contributed by atoms with Crippen LogP contribution in [0.1, 0.15) is 17.2 Å². The van der Waals surface area contributed by atoms with Crippen molar-refractivity contribution in [1.82, 2.24) is 10.2 Å². The Morgan fingerprint density at radius 3 is 2.27 bits per heavy atom. The highest BCUT2D eigenvalue weighted by Gasteiger charge is 2.16. The molecule has 1 N–H and O–H groups in total. The van der Waals surface area contributed by atoms with Crippen LogP contribution in [0.4, 0.5) is 5.69 Å². The fraction of sp³-hybridized carbons (Fsp3) is 0.316. The third-order valence-corrected chi connectivity index (χ3v) is 4.13. The Balaban J connectivity index is 1.95. The number of rotatable bonds is 8. The second-order valence-corrected chi connectivity index (χ2v) is 6.16. The minimum Gasteiger partial charge on any atom is -0.497 e. The van der Waals surface area contributed by atoms with Gasteiger partial charge in [-0.15, -0.1) is 0 Å². The van der Waals surface area contributed by atoms with Crippen molar-refractivity contribution >= 4 is 11.6 Å². The molecule has 7 nitrogen and oxygen atoms in total. The minimum atomic E-state index is -0.458. The van der Waals surface area contributed by atoms with Gasteiger partial charge < -0.3 is 15.0 Å². The second-order valence-electron chi connectivity index (χ2n) is 6.16. The Kier molecular flexibility index (Phi) is 6.68. The number of benzene rings is 2. The number of ether oxygens (including phenoxy) is 1. The van der Waals surface area contributed by atoms with Gasteiger partial charge in [-0.3, -0.25) is 14.9 Å². The van der Waals surface area contributed by atoms with Crippen molar-refractivity contribution in [2.75, 3.05) is 27.7 Å². The van der Waals surface area contributed by atoms with Crippen molar-refractivity contribution in [3.8, 4) is 5.75 Å². The van der Waals surface area contributed by atoms with Gasteiger partial charge in [0, 0.05) is 18.7 Å². The number of nitro benzene ring substituents is 1. The largest absolute Gasteiger partial charge is 0.497 e. The lowest BCUT2D eigenvalue weighted by Gasteiger charge is -2.25. The molecule has 138 valence electrons. The molecule has 0 saturated carbocycles. The van der Waals surface area contributed by atoms with Gasteiger partial charge in [0.25, 0.3) is 5.69 Å². The number of carbonyl (C=O) groups is 1. The van der Waals surface area contributed by atoms with E-state index in [1.54, 1.807) is 19.2 Å². The van der Waals surface area contributed by atoms with Gasteiger partial charge in [-0.05, 0) is 37.4 Å². The Bertz CT molecular complexity index is 742. The average molecular weight is 357 g/mol. The standard InChI is InChI=1S/C19H23N3O4/c1-21(2)18(15-6-10-17(26-3)11-7-15)13-20-19(23)12-14-4-8-16(9-5-14)22(24)25/h4-11,18H,12-13H2,1-3H3,(H,20,23).